The second-order valence-corrected chi connectivity index (χ2v) is 4.07. The standard InChI is InChI=1S/C13H22N2O/c1-4-12(14)9-15-10(2)11-6-5-7-13(8-11)16-3/h5-8,10,12,15H,4,9,14H2,1-3H3/t10-,12?/m0/s1. The molecule has 0 heterocycles. The first kappa shape index (κ1) is 13.0. The van der Waals surface area contributed by atoms with Crippen molar-refractivity contribution in [1.82, 2.24) is 5.32 Å². The van der Waals surface area contributed by atoms with Gasteiger partial charge in [-0.25, -0.2) is 0 Å². The van der Waals surface area contributed by atoms with Gasteiger partial charge in [0, 0.05) is 18.6 Å². The van der Waals surface area contributed by atoms with Gasteiger partial charge in [-0.05, 0) is 31.0 Å². The van der Waals surface area contributed by atoms with Crippen molar-refractivity contribution in [3.05, 3.63) is 29.8 Å². The Morgan fingerprint density at radius 2 is 2.19 bits per heavy atom. The number of nitrogens with two attached hydrogens (primary N) is 1. The van der Waals surface area contributed by atoms with E-state index in [0.29, 0.717) is 6.04 Å². The zero-order chi connectivity index (χ0) is 12.0. The fraction of sp³-hybridized carbons (Fsp3) is 0.538. The van der Waals surface area contributed by atoms with Crippen molar-refractivity contribution < 1.29 is 4.74 Å². The Kier molecular flexibility index (Phi) is 5.29. The molecule has 0 aliphatic rings. The highest BCUT2D eigenvalue weighted by molar-refractivity contribution is 5.30. The molecule has 3 heteroatoms. The van der Waals surface area contributed by atoms with E-state index in [0.717, 1.165) is 18.7 Å². The van der Waals surface area contributed by atoms with Crippen molar-refractivity contribution in [2.24, 2.45) is 5.73 Å². The molecule has 0 spiro atoms. The molecule has 90 valence electrons. The zero-order valence-electron chi connectivity index (χ0n) is 10.4. The van der Waals surface area contributed by atoms with Gasteiger partial charge in [-0.1, -0.05) is 19.1 Å². The van der Waals surface area contributed by atoms with Gasteiger partial charge in [0.05, 0.1) is 7.11 Å². The zero-order valence-corrected chi connectivity index (χ0v) is 10.4. The molecule has 0 aromatic heterocycles. The van der Waals surface area contributed by atoms with Gasteiger partial charge >= 0.3 is 0 Å². The molecule has 0 saturated carbocycles. The number of ether oxygens (including phenoxy) is 1. The van der Waals surface area contributed by atoms with Crippen LogP contribution in [0.4, 0.5) is 0 Å². The lowest BCUT2D eigenvalue weighted by atomic mass is 10.1. The third-order valence-electron chi connectivity index (χ3n) is 2.80. The molecule has 0 saturated heterocycles. The van der Waals surface area contributed by atoms with Crippen molar-refractivity contribution in [2.45, 2.75) is 32.4 Å². The lowest BCUT2D eigenvalue weighted by molar-refractivity contribution is 0.413. The Morgan fingerprint density at radius 3 is 2.81 bits per heavy atom. The molecule has 16 heavy (non-hydrogen) atoms. The highest BCUT2D eigenvalue weighted by Gasteiger charge is 2.07. The quantitative estimate of drug-likeness (QED) is 0.774. The molecule has 0 fully saturated rings. The largest absolute Gasteiger partial charge is 0.497 e. The fourth-order valence-electron chi connectivity index (χ4n) is 1.50. The second kappa shape index (κ2) is 6.51. The van der Waals surface area contributed by atoms with Gasteiger partial charge in [-0.3, -0.25) is 0 Å². The summed E-state index contributed by atoms with van der Waals surface area (Å²) in [5, 5.41) is 3.42. The van der Waals surface area contributed by atoms with Gasteiger partial charge < -0.3 is 15.8 Å². The van der Waals surface area contributed by atoms with Gasteiger partial charge in [-0.15, -0.1) is 0 Å². The number of rotatable bonds is 6. The Bertz CT molecular complexity index is 315. The maximum absolute atomic E-state index is 5.87. The van der Waals surface area contributed by atoms with Crippen LogP contribution in [0.5, 0.6) is 5.75 Å². The van der Waals surface area contributed by atoms with Crippen LogP contribution in [0.2, 0.25) is 0 Å². The van der Waals surface area contributed by atoms with Crippen LogP contribution >= 0.6 is 0 Å². The van der Waals surface area contributed by atoms with Crippen LogP contribution in [-0.2, 0) is 0 Å². The molecule has 0 aliphatic carbocycles. The molecule has 0 bridgehead atoms. The van der Waals surface area contributed by atoms with E-state index >= 15 is 0 Å². The van der Waals surface area contributed by atoms with E-state index in [9.17, 15) is 0 Å². The van der Waals surface area contributed by atoms with E-state index in [4.69, 9.17) is 10.5 Å². The van der Waals surface area contributed by atoms with Crippen LogP contribution in [0.25, 0.3) is 0 Å². The Balaban J connectivity index is 2.54. The monoisotopic (exact) mass is 222 g/mol. The predicted octanol–water partition coefficient (Wildman–Crippen LogP) is 2.08. The summed E-state index contributed by atoms with van der Waals surface area (Å²) in [7, 11) is 1.68. The minimum atomic E-state index is 0.230. The number of hydrogen-bond donors (Lipinski definition) is 2. The predicted molar refractivity (Wildman–Crippen MR) is 67.7 cm³/mol. The van der Waals surface area contributed by atoms with Crippen molar-refractivity contribution >= 4 is 0 Å². The molecule has 1 rings (SSSR count). The smallest absolute Gasteiger partial charge is 0.119 e. The van der Waals surface area contributed by atoms with E-state index in [1.165, 1.54) is 5.56 Å². The third-order valence-corrected chi connectivity index (χ3v) is 2.80. The van der Waals surface area contributed by atoms with Gasteiger partial charge in [0.15, 0.2) is 0 Å². The average molecular weight is 222 g/mol. The minimum absolute atomic E-state index is 0.230. The van der Waals surface area contributed by atoms with E-state index in [-0.39, 0.29) is 6.04 Å². The fourth-order valence-corrected chi connectivity index (χ4v) is 1.50. The molecule has 0 aliphatic heterocycles. The minimum Gasteiger partial charge on any atom is -0.497 e. The highest BCUT2D eigenvalue weighted by atomic mass is 16.5. The molecular weight excluding hydrogens is 200 g/mol. The summed E-state index contributed by atoms with van der Waals surface area (Å²) in [4.78, 5) is 0. The molecule has 1 unspecified atom stereocenters. The van der Waals surface area contributed by atoms with Gasteiger partial charge in [0.1, 0.15) is 5.75 Å². The normalized spacial score (nSPS) is 14.5. The van der Waals surface area contributed by atoms with E-state index in [1.807, 2.05) is 12.1 Å². The number of nitrogens with one attached hydrogen (secondary N) is 1. The molecule has 3 nitrogen and oxygen atoms in total. The second-order valence-electron chi connectivity index (χ2n) is 4.07. The number of methoxy groups -OCH3 is 1. The maximum Gasteiger partial charge on any atom is 0.119 e. The van der Waals surface area contributed by atoms with E-state index in [2.05, 4.69) is 31.3 Å². The molecular formula is C13H22N2O. The first-order chi connectivity index (χ1) is 7.67. The van der Waals surface area contributed by atoms with Gasteiger partial charge in [0.2, 0.25) is 0 Å². The maximum atomic E-state index is 5.87. The highest BCUT2D eigenvalue weighted by Crippen LogP contribution is 2.18. The van der Waals surface area contributed by atoms with E-state index in [1.54, 1.807) is 7.11 Å². The summed E-state index contributed by atoms with van der Waals surface area (Å²) in [6.45, 7) is 5.08. The number of hydrogen-bond acceptors (Lipinski definition) is 3. The van der Waals surface area contributed by atoms with Crippen LogP contribution in [0.3, 0.4) is 0 Å². The molecule has 3 N–H and O–H groups in total. The molecule has 1 aromatic rings. The van der Waals surface area contributed by atoms with Crippen LogP contribution < -0.4 is 15.8 Å². The van der Waals surface area contributed by atoms with Gasteiger partial charge in [-0.2, -0.15) is 0 Å². The summed E-state index contributed by atoms with van der Waals surface area (Å²) in [5.74, 6) is 0.894. The molecule has 1 aromatic carbocycles. The summed E-state index contributed by atoms with van der Waals surface area (Å²) >= 11 is 0. The first-order valence-electron chi connectivity index (χ1n) is 5.80. The Labute approximate surface area is 98.0 Å². The van der Waals surface area contributed by atoms with Crippen molar-refractivity contribution in [3.8, 4) is 5.75 Å². The average Bonchev–Trinajstić information content (AvgIpc) is 2.35. The topological polar surface area (TPSA) is 47.3 Å². The van der Waals surface area contributed by atoms with E-state index < -0.39 is 0 Å². The molecule has 0 amide bonds. The number of benzene rings is 1. The molecule has 2 atom stereocenters. The van der Waals surface area contributed by atoms with Crippen molar-refractivity contribution in [2.75, 3.05) is 13.7 Å². The summed E-state index contributed by atoms with van der Waals surface area (Å²) < 4.78 is 5.20. The third kappa shape index (κ3) is 3.83. The lowest BCUT2D eigenvalue weighted by Gasteiger charge is -2.17. The molecule has 0 radical (unpaired) electrons. The van der Waals surface area contributed by atoms with Crippen LogP contribution in [0, 0.1) is 0 Å². The lowest BCUT2D eigenvalue weighted by Crippen LogP contribution is -2.34. The summed E-state index contributed by atoms with van der Waals surface area (Å²) in [6.07, 6.45) is 0.998. The van der Waals surface area contributed by atoms with Crippen LogP contribution in [0.15, 0.2) is 24.3 Å². The summed E-state index contributed by atoms with van der Waals surface area (Å²) in [6, 6.07) is 8.63. The Morgan fingerprint density at radius 1 is 1.44 bits per heavy atom. The SMILES string of the molecule is CCC(N)CN[C@@H](C)c1cccc(OC)c1. The van der Waals surface area contributed by atoms with Crippen LogP contribution in [0.1, 0.15) is 31.9 Å². The Hall–Kier alpha value is -1.06. The first-order valence-corrected chi connectivity index (χ1v) is 5.80. The van der Waals surface area contributed by atoms with Crippen molar-refractivity contribution in [1.29, 1.82) is 0 Å². The summed E-state index contributed by atoms with van der Waals surface area (Å²) in [5.41, 5.74) is 7.09. The van der Waals surface area contributed by atoms with Gasteiger partial charge in [0.25, 0.3) is 0 Å². The van der Waals surface area contributed by atoms with Crippen LogP contribution in [-0.4, -0.2) is 19.7 Å². The van der Waals surface area contributed by atoms with Crippen molar-refractivity contribution in [3.63, 3.8) is 0 Å².